The fraction of sp³-hybridized carbons (Fsp3) is 0.600. The van der Waals surface area contributed by atoms with Crippen molar-refractivity contribution in [3.8, 4) is 0 Å². The standard InChI is InChI=1S/C10H18N4S/c1-10(2,6-11)7-14-9-12-4-8(15-3)5-13-9/h4-5H,6-7,11H2,1-3H3,(H,12,13,14). The molecule has 0 amide bonds. The van der Waals surface area contributed by atoms with Crippen molar-refractivity contribution in [3.05, 3.63) is 12.4 Å². The highest BCUT2D eigenvalue weighted by molar-refractivity contribution is 7.98. The maximum Gasteiger partial charge on any atom is 0.222 e. The topological polar surface area (TPSA) is 63.8 Å². The van der Waals surface area contributed by atoms with E-state index in [1.165, 1.54) is 0 Å². The van der Waals surface area contributed by atoms with Crippen LogP contribution >= 0.6 is 11.8 Å². The number of nitrogens with two attached hydrogens (primary N) is 1. The van der Waals surface area contributed by atoms with E-state index in [-0.39, 0.29) is 5.41 Å². The number of thioether (sulfide) groups is 1. The minimum Gasteiger partial charge on any atom is -0.354 e. The molecule has 3 N–H and O–H groups in total. The molecule has 0 spiro atoms. The lowest BCUT2D eigenvalue weighted by Crippen LogP contribution is -2.31. The maximum atomic E-state index is 5.63. The van der Waals surface area contributed by atoms with E-state index in [4.69, 9.17) is 5.73 Å². The normalized spacial score (nSPS) is 11.5. The largest absolute Gasteiger partial charge is 0.354 e. The molecule has 0 bridgehead atoms. The second-order valence-corrected chi connectivity index (χ2v) is 5.05. The van der Waals surface area contributed by atoms with Crippen LogP contribution in [-0.2, 0) is 0 Å². The SMILES string of the molecule is CSc1cnc(NCC(C)(C)CN)nc1. The van der Waals surface area contributed by atoms with Gasteiger partial charge >= 0.3 is 0 Å². The van der Waals surface area contributed by atoms with Gasteiger partial charge in [0.25, 0.3) is 0 Å². The van der Waals surface area contributed by atoms with E-state index in [1.54, 1.807) is 11.8 Å². The fourth-order valence-corrected chi connectivity index (χ4v) is 1.22. The zero-order chi connectivity index (χ0) is 11.3. The van der Waals surface area contributed by atoms with Gasteiger partial charge in [0.2, 0.25) is 5.95 Å². The summed E-state index contributed by atoms with van der Waals surface area (Å²) >= 11 is 1.63. The number of hydrogen-bond acceptors (Lipinski definition) is 5. The quantitative estimate of drug-likeness (QED) is 0.747. The Morgan fingerprint density at radius 2 is 2.00 bits per heavy atom. The summed E-state index contributed by atoms with van der Waals surface area (Å²) < 4.78 is 0. The lowest BCUT2D eigenvalue weighted by Gasteiger charge is -2.22. The fourth-order valence-electron chi connectivity index (χ4n) is 0.903. The first-order valence-electron chi connectivity index (χ1n) is 4.87. The Labute approximate surface area is 95.1 Å². The lowest BCUT2D eigenvalue weighted by molar-refractivity contribution is 0.404. The Bertz CT molecular complexity index is 297. The Balaban J connectivity index is 2.51. The first kappa shape index (κ1) is 12.3. The van der Waals surface area contributed by atoms with Gasteiger partial charge in [-0.1, -0.05) is 13.8 Å². The summed E-state index contributed by atoms with van der Waals surface area (Å²) in [6.07, 6.45) is 5.63. The molecular weight excluding hydrogens is 208 g/mol. The minimum absolute atomic E-state index is 0.0710. The van der Waals surface area contributed by atoms with Crippen LogP contribution in [0.1, 0.15) is 13.8 Å². The zero-order valence-electron chi connectivity index (χ0n) is 9.45. The Morgan fingerprint density at radius 1 is 1.40 bits per heavy atom. The van der Waals surface area contributed by atoms with Crippen molar-refractivity contribution in [2.45, 2.75) is 18.7 Å². The Kier molecular flexibility index (Phi) is 4.35. The molecule has 4 nitrogen and oxygen atoms in total. The smallest absolute Gasteiger partial charge is 0.222 e. The summed E-state index contributed by atoms with van der Waals surface area (Å²) in [7, 11) is 0. The summed E-state index contributed by atoms with van der Waals surface area (Å²) in [5.74, 6) is 0.661. The third kappa shape index (κ3) is 4.05. The number of anilines is 1. The van der Waals surface area contributed by atoms with Crippen molar-refractivity contribution >= 4 is 17.7 Å². The molecule has 15 heavy (non-hydrogen) atoms. The molecule has 0 aliphatic rings. The van der Waals surface area contributed by atoms with E-state index in [9.17, 15) is 0 Å². The molecule has 0 aliphatic heterocycles. The second-order valence-electron chi connectivity index (χ2n) is 4.17. The summed E-state index contributed by atoms with van der Waals surface area (Å²) in [6, 6.07) is 0. The molecule has 0 aliphatic carbocycles. The minimum atomic E-state index is 0.0710. The van der Waals surface area contributed by atoms with Crippen LogP contribution in [0.3, 0.4) is 0 Å². The first-order valence-corrected chi connectivity index (χ1v) is 6.10. The molecule has 0 atom stereocenters. The molecule has 1 rings (SSSR count). The van der Waals surface area contributed by atoms with E-state index >= 15 is 0 Å². The molecule has 1 aromatic heterocycles. The highest BCUT2D eigenvalue weighted by Gasteiger charge is 2.15. The van der Waals surface area contributed by atoms with Crippen LogP contribution < -0.4 is 11.1 Å². The predicted octanol–water partition coefficient (Wildman–Crippen LogP) is 1.60. The van der Waals surface area contributed by atoms with E-state index in [1.807, 2.05) is 18.6 Å². The van der Waals surface area contributed by atoms with Gasteiger partial charge in [-0.15, -0.1) is 11.8 Å². The van der Waals surface area contributed by atoms with E-state index in [0.29, 0.717) is 12.5 Å². The van der Waals surface area contributed by atoms with Gasteiger partial charge in [-0.05, 0) is 18.2 Å². The van der Waals surface area contributed by atoms with Crippen LogP contribution in [0.2, 0.25) is 0 Å². The molecule has 84 valence electrons. The van der Waals surface area contributed by atoms with E-state index in [0.717, 1.165) is 11.4 Å². The number of nitrogens with one attached hydrogen (secondary N) is 1. The van der Waals surface area contributed by atoms with Crippen molar-refractivity contribution in [1.29, 1.82) is 0 Å². The highest BCUT2D eigenvalue weighted by Crippen LogP contribution is 2.15. The van der Waals surface area contributed by atoms with Crippen molar-refractivity contribution in [2.75, 3.05) is 24.7 Å². The molecule has 1 heterocycles. The van der Waals surface area contributed by atoms with Gasteiger partial charge in [-0.3, -0.25) is 0 Å². The van der Waals surface area contributed by atoms with Crippen LogP contribution in [0.4, 0.5) is 5.95 Å². The molecule has 0 radical (unpaired) electrons. The van der Waals surface area contributed by atoms with Crippen LogP contribution in [0.25, 0.3) is 0 Å². The van der Waals surface area contributed by atoms with E-state index in [2.05, 4.69) is 29.1 Å². The molecule has 0 saturated heterocycles. The number of hydrogen-bond donors (Lipinski definition) is 2. The third-order valence-electron chi connectivity index (χ3n) is 2.14. The van der Waals surface area contributed by atoms with Gasteiger partial charge < -0.3 is 11.1 Å². The Morgan fingerprint density at radius 3 is 2.47 bits per heavy atom. The first-order chi connectivity index (χ1) is 7.07. The maximum absolute atomic E-state index is 5.63. The summed E-state index contributed by atoms with van der Waals surface area (Å²) in [4.78, 5) is 9.47. The summed E-state index contributed by atoms with van der Waals surface area (Å²) in [6.45, 7) is 5.64. The van der Waals surface area contributed by atoms with Gasteiger partial charge in [-0.25, -0.2) is 9.97 Å². The molecular formula is C10H18N4S. The van der Waals surface area contributed by atoms with Crippen molar-refractivity contribution in [1.82, 2.24) is 9.97 Å². The van der Waals surface area contributed by atoms with Crippen molar-refractivity contribution in [3.63, 3.8) is 0 Å². The molecule has 1 aromatic rings. The lowest BCUT2D eigenvalue weighted by atomic mass is 9.94. The molecule has 0 fully saturated rings. The molecule has 0 aromatic carbocycles. The molecule has 0 unspecified atom stereocenters. The third-order valence-corrected chi connectivity index (χ3v) is 2.82. The van der Waals surface area contributed by atoms with Gasteiger partial charge in [0.1, 0.15) is 0 Å². The van der Waals surface area contributed by atoms with E-state index < -0.39 is 0 Å². The number of aromatic nitrogens is 2. The van der Waals surface area contributed by atoms with Crippen molar-refractivity contribution in [2.24, 2.45) is 11.1 Å². The number of rotatable bonds is 5. The van der Waals surface area contributed by atoms with Gasteiger partial charge in [0.05, 0.1) is 0 Å². The number of nitrogens with zero attached hydrogens (tertiary/aromatic N) is 2. The van der Waals surface area contributed by atoms with Crippen molar-refractivity contribution < 1.29 is 0 Å². The highest BCUT2D eigenvalue weighted by atomic mass is 32.2. The monoisotopic (exact) mass is 226 g/mol. The molecule has 0 saturated carbocycles. The summed E-state index contributed by atoms with van der Waals surface area (Å²) in [5.41, 5.74) is 5.70. The average molecular weight is 226 g/mol. The van der Waals surface area contributed by atoms with Crippen LogP contribution in [0.5, 0.6) is 0 Å². The van der Waals surface area contributed by atoms with Crippen LogP contribution in [-0.4, -0.2) is 29.3 Å². The zero-order valence-corrected chi connectivity index (χ0v) is 10.3. The average Bonchev–Trinajstić information content (AvgIpc) is 2.27. The second kappa shape index (κ2) is 5.32. The molecule has 5 heteroatoms. The predicted molar refractivity (Wildman–Crippen MR) is 65.1 cm³/mol. The summed E-state index contributed by atoms with van der Waals surface area (Å²) in [5, 5.41) is 3.18. The van der Waals surface area contributed by atoms with Crippen LogP contribution in [0.15, 0.2) is 17.3 Å². The Hall–Kier alpha value is -0.810. The van der Waals surface area contributed by atoms with Gasteiger partial charge in [0, 0.05) is 23.8 Å². The van der Waals surface area contributed by atoms with Crippen LogP contribution in [0, 0.1) is 5.41 Å². The van der Waals surface area contributed by atoms with Gasteiger partial charge in [0.15, 0.2) is 0 Å². The van der Waals surface area contributed by atoms with Gasteiger partial charge in [-0.2, -0.15) is 0 Å².